The maximum absolute atomic E-state index is 12.1. The molecular weight excluding hydrogens is 208 g/mol. The van der Waals surface area contributed by atoms with E-state index in [0.717, 1.165) is 24.8 Å². The molecule has 0 saturated heterocycles. The normalized spacial score (nSPS) is 10.8. The van der Waals surface area contributed by atoms with Crippen molar-refractivity contribution in [3.63, 3.8) is 0 Å². The number of carbonyl (C=O) groups excluding carboxylic acids is 1. The number of hydrogen-bond acceptors (Lipinski definition) is 1. The van der Waals surface area contributed by atoms with E-state index in [9.17, 15) is 4.79 Å². The van der Waals surface area contributed by atoms with Crippen LogP contribution in [-0.2, 0) is 6.42 Å². The number of Topliss-reactive ketones (excluding diaryl/α,β-unsaturated/α-hetero) is 1. The van der Waals surface area contributed by atoms with Gasteiger partial charge in [0, 0.05) is 11.5 Å². The lowest BCUT2D eigenvalue weighted by atomic mass is 9.92. The highest BCUT2D eigenvalue weighted by Crippen LogP contribution is 2.16. The van der Waals surface area contributed by atoms with Crippen molar-refractivity contribution < 1.29 is 4.79 Å². The molecule has 0 bridgehead atoms. The van der Waals surface area contributed by atoms with Gasteiger partial charge in [0.1, 0.15) is 0 Å². The smallest absolute Gasteiger partial charge is 0.165 e. The lowest BCUT2D eigenvalue weighted by Gasteiger charge is -2.11. The van der Waals surface area contributed by atoms with Crippen LogP contribution in [0.15, 0.2) is 24.3 Å². The molecule has 0 aliphatic heterocycles. The first-order chi connectivity index (χ1) is 8.22. The molecule has 0 fully saturated rings. The Kier molecular flexibility index (Phi) is 5.96. The molecule has 1 aromatic rings. The number of ketones is 1. The van der Waals surface area contributed by atoms with Crippen LogP contribution >= 0.6 is 0 Å². The Bertz CT molecular complexity index is 333. The van der Waals surface area contributed by atoms with Crippen molar-refractivity contribution >= 4 is 5.78 Å². The van der Waals surface area contributed by atoms with Crippen LogP contribution in [0.3, 0.4) is 0 Å². The van der Waals surface area contributed by atoms with Crippen molar-refractivity contribution in [2.75, 3.05) is 0 Å². The lowest BCUT2D eigenvalue weighted by molar-refractivity contribution is 0.0913. The number of hydrogen-bond donors (Lipinski definition) is 0. The number of unbranched alkanes of at least 4 members (excludes halogenated alkanes) is 1. The van der Waals surface area contributed by atoms with Crippen LogP contribution in [0, 0.1) is 5.92 Å². The molecule has 17 heavy (non-hydrogen) atoms. The minimum absolute atomic E-state index is 0.191. The molecule has 0 aliphatic carbocycles. The predicted octanol–water partition coefficient (Wildman–Crippen LogP) is 4.65. The highest BCUT2D eigenvalue weighted by Gasteiger charge is 2.15. The Balaban J connectivity index is 2.69. The summed E-state index contributed by atoms with van der Waals surface area (Å²) >= 11 is 0. The Morgan fingerprint density at radius 2 is 1.65 bits per heavy atom. The Hall–Kier alpha value is -1.11. The summed E-state index contributed by atoms with van der Waals surface area (Å²) < 4.78 is 0. The Morgan fingerprint density at radius 3 is 2.12 bits per heavy atom. The summed E-state index contributed by atoms with van der Waals surface area (Å²) in [7, 11) is 0. The van der Waals surface area contributed by atoms with Crippen molar-refractivity contribution in [3.8, 4) is 0 Å². The highest BCUT2D eigenvalue weighted by molar-refractivity contribution is 5.97. The minimum atomic E-state index is 0.191. The summed E-state index contributed by atoms with van der Waals surface area (Å²) in [6.45, 7) is 6.37. The zero-order valence-corrected chi connectivity index (χ0v) is 11.3. The minimum Gasteiger partial charge on any atom is -0.294 e. The van der Waals surface area contributed by atoms with E-state index in [2.05, 4.69) is 32.9 Å². The van der Waals surface area contributed by atoms with E-state index in [1.807, 2.05) is 12.1 Å². The van der Waals surface area contributed by atoms with Gasteiger partial charge in [0.05, 0.1) is 0 Å². The Morgan fingerprint density at radius 1 is 1.06 bits per heavy atom. The van der Waals surface area contributed by atoms with Crippen LogP contribution < -0.4 is 0 Å². The summed E-state index contributed by atoms with van der Waals surface area (Å²) in [6.07, 6.45) is 5.43. The van der Waals surface area contributed by atoms with Gasteiger partial charge in [0.25, 0.3) is 0 Å². The molecule has 1 heteroatoms. The van der Waals surface area contributed by atoms with E-state index in [4.69, 9.17) is 0 Å². The van der Waals surface area contributed by atoms with Crippen molar-refractivity contribution in [2.24, 2.45) is 5.92 Å². The fourth-order valence-electron chi connectivity index (χ4n) is 2.11. The standard InChI is InChI=1S/C16H24O/c1-4-7-8-13-9-11-15(12-10-13)16(17)14(5-2)6-3/h9-12,14H,4-8H2,1-3H3. The van der Waals surface area contributed by atoms with Gasteiger partial charge in [0.2, 0.25) is 0 Å². The second-order valence-corrected chi connectivity index (χ2v) is 4.68. The third kappa shape index (κ3) is 3.99. The van der Waals surface area contributed by atoms with Crippen molar-refractivity contribution in [1.82, 2.24) is 0 Å². The average Bonchev–Trinajstić information content (AvgIpc) is 2.38. The predicted molar refractivity (Wildman–Crippen MR) is 73.5 cm³/mol. The topological polar surface area (TPSA) is 17.1 Å². The maximum atomic E-state index is 12.1. The molecule has 0 saturated carbocycles. The van der Waals surface area contributed by atoms with E-state index in [-0.39, 0.29) is 5.92 Å². The van der Waals surface area contributed by atoms with Gasteiger partial charge in [-0.2, -0.15) is 0 Å². The van der Waals surface area contributed by atoms with Crippen molar-refractivity contribution in [3.05, 3.63) is 35.4 Å². The van der Waals surface area contributed by atoms with E-state index in [0.29, 0.717) is 5.78 Å². The van der Waals surface area contributed by atoms with E-state index in [1.54, 1.807) is 0 Å². The molecule has 0 aromatic heterocycles. The molecule has 0 unspecified atom stereocenters. The second-order valence-electron chi connectivity index (χ2n) is 4.68. The second kappa shape index (κ2) is 7.26. The van der Waals surface area contributed by atoms with Crippen molar-refractivity contribution in [2.45, 2.75) is 52.9 Å². The molecule has 1 nitrogen and oxygen atoms in total. The molecule has 0 N–H and O–H groups in total. The molecule has 0 radical (unpaired) electrons. The molecule has 0 aliphatic rings. The molecule has 1 aromatic carbocycles. The molecule has 94 valence electrons. The van der Waals surface area contributed by atoms with E-state index >= 15 is 0 Å². The van der Waals surface area contributed by atoms with Crippen LogP contribution in [0.4, 0.5) is 0 Å². The van der Waals surface area contributed by atoms with E-state index < -0.39 is 0 Å². The number of carbonyl (C=O) groups is 1. The first-order valence-electron chi connectivity index (χ1n) is 6.86. The molecule has 1 rings (SSSR count). The Labute approximate surface area is 105 Å². The number of benzene rings is 1. The zero-order chi connectivity index (χ0) is 12.7. The van der Waals surface area contributed by atoms with Gasteiger partial charge in [-0.25, -0.2) is 0 Å². The SMILES string of the molecule is CCCCc1ccc(C(=O)C(CC)CC)cc1. The van der Waals surface area contributed by atoms with Crippen molar-refractivity contribution in [1.29, 1.82) is 0 Å². The molecular formula is C16H24O. The number of aryl methyl sites for hydroxylation is 1. The van der Waals surface area contributed by atoms with Crippen LogP contribution in [-0.4, -0.2) is 5.78 Å². The van der Waals surface area contributed by atoms with E-state index in [1.165, 1.54) is 18.4 Å². The van der Waals surface area contributed by atoms with Crippen LogP contribution in [0.25, 0.3) is 0 Å². The van der Waals surface area contributed by atoms with Gasteiger partial charge in [-0.1, -0.05) is 51.5 Å². The first kappa shape index (κ1) is 14.0. The fraction of sp³-hybridized carbons (Fsp3) is 0.562. The van der Waals surface area contributed by atoms with Gasteiger partial charge < -0.3 is 0 Å². The summed E-state index contributed by atoms with van der Waals surface area (Å²) in [5.74, 6) is 0.494. The average molecular weight is 232 g/mol. The third-order valence-electron chi connectivity index (χ3n) is 3.41. The fourth-order valence-corrected chi connectivity index (χ4v) is 2.11. The summed E-state index contributed by atoms with van der Waals surface area (Å²) in [4.78, 5) is 12.1. The van der Waals surface area contributed by atoms with Gasteiger partial charge in [-0.05, 0) is 31.2 Å². The number of rotatable bonds is 7. The maximum Gasteiger partial charge on any atom is 0.165 e. The zero-order valence-electron chi connectivity index (χ0n) is 11.3. The summed E-state index contributed by atoms with van der Waals surface area (Å²) in [5, 5.41) is 0. The molecule has 0 spiro atoms. The largest absolute Gasteiger partial charge is 0.294 e. The monoisotopic (exact) mass is 232 g/mol. The quantitative estimate of drug-likeness (QED) is 0.625. The lowest BCUT2D eigenvalue weighted by Crippen LogP contribution is -2.12. The third-order valence-corrected chi connectivity index (χ3v) is 3.41. The van der Waals surface area contributed by atoms with Gasteiger partial charge in [-0.15, -0.1) is 0 Å². The molecule has 0 heterocycles. The summed E-state index contributed by atoms with van der Waals surface area (Å²) in [5.41, 5.74) is 2.21. The van der Waals surface area contributed by atoms with Crippen LogP contribution in [0.1, 0.15) is 62.4 Å². The first-order valence-corrected chi connectivity index (χ1v) is 6.86. The highest BCUT2D eigenvalue weighted by atomic mass is 16.1. The molecule has 0 atom stereocenters. The van der Waals surface area contributed by atoms with Crippen LogP contribution in [0.2, 0.25) is 0 Å². The van der Waals surface area contributed by atoms with Gasteiger partial charge >= 0.3 is 0 Å². The van der Waals surface area contributed by atoms with Gasteiger partial charge in [0.15, 0.2) is 5.78 Å². The molecule has 0 amide bonds. The van der Waals surface area contributed by atoms with Gasteiger partial charge in [-0.3, -0.25) is 4.79 Å². The van der Waals surface area contributed by atoms with Crippen LogP contribution in [0.5, 0.6) is 0 Å². The summed E-state index contributed by atoms with van der Waals surface area (Å²) in [6, 6.07) is 8.19.